The monoisotopic (exact) mass is 160 g/mol. The average Bonchev–Trinajstić information content (AvgIpc) is 1.80. The number of aryl methyl sites for hydroxylation is 1. The highest BCUT2D eigenvalue weighted by atomic mass is 35.5. The molecule has 1 aromatic rings. The van der Waals surface area contributed by atoms with Gasteiger partial charge < -0.3 is 10.3 Å². The lowest BCUT2D eigenvalue weighted by atomic mass is 10.6. The molecule has 3 N–H and O–H groups in total. The molecule has 0 aliphatic carbocycles. The molecule has 0 aromatic carbocycles. The first-order chi connectivity index (χ1) is 4.20. The molecule has 0 saturated carbocycles. The molecular formula is C5H9ClN4. The van der Waals surface area contributed by atoms with Crippen LogP contribution in [0.5, 0.6) is 0 Å². The molecule has 0 radical (unpaired) electrons. The van der Waals surface area contributed by atoms with E-state index < -0.39 is 0 Å². The largest absolute Gasteiger partial charge is 0.384 e. The third-order valence-electron chi connectivity index (χ3n) is 1.04. The van der Waals surface area contributed by atoms with Crippen molar-refractivity contribution in [2.24, 2.45) is 7.05 Å². The minimum absolute atomic E-state index is 0. The summed E-state index contributed by atoms with van der Waals surface area (Å²) in [6.45, 7) is 0. The highest BCUT2D eigenvalue weighted by Gasteiger charge is 1.85. The van der Waals surface area contributed by atoms with E-state index in [1.54, 1.807) is 11.6 Å². The maximum absolute atomic E-state index is 7.20. The van der Waals surface area contributed by atoms with Gasteiger partial charge in [-0.2, -0.15) is 0 Å². The summed E-state index contributed by atoms with van der Waals surface area (Å²) >= 11 is 0. The Labute approximate surface area is 64.6 Å². The SMILES string of the molecule is Cl.Cn1cnc(N)cc1=N. The summed E-state index contributed by atoms with van der Waals surface area (Å²) < 4.78 is 1.58. The van der Waals surface area contributed by atoms with Gasteiger partial charge in [0.2, 0.25) is 0 Å². The summed E-state index contributed by atoms with van der Waals surface area (Å²) in [6, 6.07) is 1.50. The summed E-state index contributed by atoms with van der Waals surface area (Å²) in [5.41, 5.74) is 5.65. The van der Waals surface area contributed by atoms with E-state index in [4.69, 9.17) is 11.1 Å². The lowest BCUT2D eigenvalue weighted by Gasteiger charge is -1.95. The summed E-state index contributed by atoms with van der Waals surface area (Å²) in [6.07, 6.45) is 1.51. The quantitative estimate of drug-likeness (QED) is 0.557. The van der Waals surface area contributed by atoms with Crippen molar-refractivity contribution in [1.29, 1.82) is 5.41 Å². The molecule has 4 nitrogen and oxygen atoms in total. The molecule has 0 fully saturated rings. The Hall–Kier alpha value is -1.03. The molecule has 0 amide bonds. The van der Waals surface area contributed by atoms with Crippen LogP contribution < -0.4 is 11.2 Å². The van der Waals surface area contributed by atoms with E-state index in [2.05, 4.69) is 4.98 Å². The van der Waals surface area contributed by atoms with Crippen LogP contribution in [0.4, 0.5) is 5.82 Å². The van der Waals surface area contributed by atoms with Crippen molar-refractivity contribution in [1.82, 2.24) is 9.55 Å². The van der Waals surface area contributed by atoms with Gasteiger partial charge >= 0.3 is 0 Å². The van der Waals surface area contributed by atoms with Crippen LogP contribution in [-0.2, 0) is 7.05 Å². The van der Waals surface area contributed by atoms with Crippen LogP contribution >= 0.6 is 12.4 Å². The third-order valence-corrected chi connectivity index (χ3v) is 1.04. The Bertz CT molecular complexity index is 267. The van der Waals surface area contributed by atoms with E-state index in [9.17, 15) is 0 Å². The summed E-state index contributed by atoms with van der Waals surface area (Å²) in [5.74, 6) is 0.387. The van der Waals surface area contributed by atoms with E-state index >= 15 is 0 Å². The molecule has 0 atom stereocenters. The molecule has 0 aliphatic heterocycles. The van der Waals surface area contributed by atoms with E-state index in [1.165, 1.54) is 12.4 Å². The zero-order valence-electron chi connectivity index (χ0n) is 5.53. The molecular weight excluding hydrogens is 152 g/mol. The number of nitrogens with two attached hydrogens (primary N) is 1. The molecule has 5 heteroatoms. The maximum Gasteiger partial charge on any atom is 0.129 e. The summed E-state index contributed by atoms with van der Waals surface area (Å²) in [7, 11) is 1.74. The number of nitrogen functional groups attached to an aromatic ring is 1. The molecule has 0 unspecified atom stereocenters. The lowest BCUT2D eigenvalue weighted by molar-refractivity contribution is 0.790. The molecule has 1 heterocycles. The van der Waals surface area contributed by atoms with E-state index in [1.807, 2.05) is 0 Å². The van der Waals surface area contributed by atoms with E-state index in [-0.39, 0.29) is 12.4 Å². The molecule has 0 aliphatic rings. The normalized spacial score (nSPS) is 8.50. The average molecular weight is 161 g/mol. The van der Waals surface area contributed by atoms with Crippen molar-refractivity contribution in [3.8, 4) is 0 Å². The van der Waals surface area contributed by atoms with Crippen molar-refractivity contribution in [3.63, 3.8) is 0 Å². The second kappa shape index (κ2) is 3.22. The predicted octanol–water partition coefficient (Wildman–Crippen LogP) is -0.0964. The second-order valence-corrected chi connectivity index (χ2v) is 1.81. The molecule has 0 spiro atoms. The zero-order chi connectivity index (χ0) is 6.85. The Morgan fingerprint density at radius 1 is 1.70 bits per heavy atom. The maximum atomic E-state index is 7.20. The number of aromatic nitrogens is 2. The number of nitrogens with zero attached hydrogens (tertiary/aromatic N) is 2. The van der Waals surface area contributed by atoms with Crippen molar-refractivity contribution < 1.29 is 0 Å². The molecule has 0 bridgehead atoms. The van der Waals surface area contributed by atoms with Crippen molar-refractivity contribution in [2.45, 2.75) is 0 Å². The molecule has 10 heavy (non-hydrogen) atoms. The minimum Gasteiger partial charge on any atom is -0.384 e. The number of anilines is 1. The summed E-state index contributed by atoms with van der Waals surface area (Å²) in [4.78, 5) is 3.76. The highest BCUT2D eigenvalue weighted by molar-refractivity contribution is 5.85. The second-order valence-electron chi connectivity index (χ2n) is 1.81. The van der Waals surface area contributed by atoms with Crippen molar-refractivity contribution in [2.75, 3.05) is 5.73 Å². The Morgan fingerprint density at radius 3 is 2.70 bits per heavy atom. The van der Waals surface area contributed by atoms with Gasteiger partial charge in [-0.1, -0.05) is 0 Å². The smallest absolute Gasteiger partial charge is 0.129 e. The van der Waals surface area contributed by atoms with Crippen molar-refractivity contribution in [3.05, 3.63) is 17.9 Å². The van der Waals surface area contributed by atoms with Crippen molar-refractivity contribution >= 4 is 18.2 Å². The van der Waals surface area contributed by atoms with Crippen LogP contribution in [-0.4, -0.2) is 9.55 Å². The topological polar surface area (TPSA) is 67.7 Å². The van der Waals surface area contributed by atoms with Crippen LogP contribution in [0.2, 0.25) is 0 Å². The zero-order valence-corrected chi connectivity index (χ0v) is 6.35. The van der Waals surface area contributed by atoms with Crippen LogP contribution in [0.3, 0.4) is 0 Å². The minimum atomic E-state index is 0. The fourth-order valence-corrected chi connectivity index (χ4v) is 0.495. The first-order valence-corrected chi connectivity index (χ1v) is 2.53. The van der Waals surface area contributed by atoms with Gasteiger partial charge in [-0.3, -0.25) is 5.41 Å². The van der Waals surface area contributed by atoms with Gasteiger partial charge in [0.1, 0.15) is 11.3 Å². The summed E-state index contributed by atoms with van der Waals surface area (Å²) in [5, 5.41) is 7.20. The van der Waals surface area contributed by atoms with Gasteiger partial charge in [0.25, 0.3) is 0 Å². The highest BCUT2D eigenvalue weighted by Crippen LogP contribution is 1.83. The fraction of sp³-hybridized carbons (Fsp3) is 0.200. The first-order valence-electron chi connectivity index (χ1n) is 2.53. The predicted molar refractivity (Wildman–Crippen MR) is 40.7 cm³/mol. The Morgan fingerprint density at radius 2 is 2.30 bits per heavy atom. The third kappa shape index (κ3) is 1.73. The van der Waals surface area contributed by atoms with E-state index in [0.29, 0.717) is 11.3 Å². The van der Waals surface area contributed by atoms with Gasteiger partial charge in [-0.15, -0.1) is 12.4 Å². The molecule has 1 rings (SSSR count). The fourth-order valence-electron chi connectivity index (χ4n) is 0.495. The van der Waals surface area contributed by atoms with Crippen LogP contribution in [0, 0.1) is 5.41 Å². The Kier molecular flexibility index (Phi) is 2.89. The van der Waals surface area contributed by atoms with E-state index in [0.717, 1.165) is 0 Å². The number of hydrogen-bond acceptors (Lipinski definition) is 3. The molecule has 56 valence electrons. The van der Waals surface area contributed by atoms with Gasteiger partial charge in [-0.25, -0.2) is 4.98 Å². The standard InChI is InChI=1S/C5H8N4.ClH/c1-9-3-8-4(6)2-5(9)7;/h2-3,7H,6H2,1H3;1H. The number of rotatable bonds is 0. The van der Waals surface area contributed by atoms with Gasteiger partial charge in [0.15, 0.2) is 0 Å². The number of halogens is 1. The van der Waals surface area contributed by atoms with Gasteiger partial charge in [-0.05, 0) is 0 Å². The first kappa shape index (κ1) is 8.97. The van der Waals surface area contributed by atoms with Gasteiger partial charge in [0, 0.05) is 13.1 Å². The molecule has 1 aromatic heterocycles. The molecule has 0 saturated heterocycles. The van der Waals surface area contributed by atoms with Crippen LogP contribution in [0.15, 0.2) is 12.4 Å². The van der Waals surface area contributed by atoms with Crippen LogP contribution in [0.25, 0.3) is 0 Å². The lowest BCUT2D eigenvalue weighted by Crippen LogP contribution is -2.16. The Balaban J connectivity index is 0.000000810. The number of hydrogen-bond donors (Lipinski definition) is 2. The van der Waals surface area contributed by atoms with Crippen LogP contribution in [0.1, 0.15) is 0 Å². The van der Waals surface area contributed by atoms with Gasteiger partial charge in [0.05, 0.1) is 6.33 Å². The number of nitrogens with one attached hydrogen (secondary N) is 1.